The summed E-state index contributed by atoms with van der Waals surface area (Å²) in [5, 5.41) is 22.0. The Morgan fingerprint density at radius 3 is 3.06 bits per heavy atom. The smallest absolute Gasteiger partial charge is 0.258 e. The first kappa shape index (κ1) is 11.3. The number of aromatic nitrogens is 2. The number of aliphatic hydroxyl groups is 1. The van der Waals surface area contributed by atoms with Crippen molar-refractivity contribution in [3.05, 3.63) is 35.7 Å². The number of nitriles is 1. The summed E-state index contributed by atoms with van der Waals surface area (Å²) in [5.74, 6) is 0.578. The largest absolute Gasteiger partial charge is 0.385 e. The van der Waals surface area contributed by atoms with Crippen LogP contribution in [0.15, 0.2) is 28.8 Å². The molecule has 1 heterocycles. The van der Waals surface area contributed by atoms with Gasteiger partial charge in [0.25, 0.3) is 5.89 Å². The first-order chi connectivity index (χ1) is 8.24. The van der Waals surface area contributed by atoms with Gasteiger partial charge in [-0.3, -0.25) is 0 Å². The minimum absolute atomic E-state index is 0.268. The highest BCUT2D eigenvalue weighted by molar-refractivity contribution is 5.55. The van der Waals surface area contributed by atoms with Gasteiger partial charge in [0.1, 0.15) is 6.10 Å². The first-order valence-electron chi connectivity index (χ1n) is 5.26. The molecule has 0 saturated heterocycles. The van der Waals surface area contributed by atoms with Crippen LogP contribution in [0.1, 0.15) is 30.8 Å². The van der Waals surface area contributed by atoms with Crippen molar-refractivity contribution in [2.75, 3.05) is 0 Å². The Morgan fingerprint density at radius 2 is 2.35 bits per heavy atom. The molecule has 0 fully saturated rings. The summed E-state index contributed by atoms with van der Waals surface area (Å²) >= 11 is 0. The van der Waals surface area contributed by atoms with Gasteiger partial charge in [0, 0.05) is 5.56 Å². The summed E-state index contributed by atoms with van der Waals surface area (Å²) in [6.45, 7) is 1.83. The first-order valence-corrected chi connectivity index (χ1v) is 5.26. The molecule has 1 aromatic carbocycles. The van der Waals surface area contributed by atoms with Crippen LogP contribution >= 0.6 is 0 Å². The van der Waals surface area contributed by atoms with Crippen molar-refractivity contribution in [1.29, 1.82) is 5.26 Å². The van der Waals surface area contributed by atoms with Crippen LogP contribution in [0.5, 0.6) is 0 Å². The van der Waals surface area contributed by atoms with E-state index in [1.54, 1.807) is 24.3 Å². The van der Waals surface area contributed by atoms with E-state index in [1.165, 1.54) is 0 Å². The monoisotopic (exact) mass is 229 g/mol. The van der Waals surface area contributed by atoms with Crippen LogP contribution in [0, 0.1) is 11.3 Å². The number of hydrogen-bond acceptors (Lipinski definition) is 5. The normalized spacial score (nSPS) is 12.1. The number of nitrogens with zero attached hydrogens (tertiary/aromatic N) is 3. The summed E-state index contributed by atoms with van der Waals surface area (Å²) < 4.78 is 5.04. The molecular formula is C12H11N3O2. The summed E-state index contributed by atoms with van der Waals surface area (Å²) in [6.07, 6.45) is -0.191. The predicted octanol–water partition coefficient (Wildman–Crippen LogP) is 2.05. The zero-order chi connectivity index (χ0) is 12.3. The quantitative estimate of drug-likeness (QED) is 0.870. The molecule has 5 heteroatoms. The highest BCUT2D eigenvalue weighted by atomic mass is 16.5. The third-order valence-corrected chi connectivity index (χ3v) is 2.37. The molecule has 0 bridgehead atoms. The highest BCUT2D eigenvalue weighted by Crippen LogP contribution is 2.21. The van der Waals surface area contributed by atoms with Gasteiger partial charge in [-0.25, -0.2) is 0 Å². The van der Waals surface area contributed by atoms with Crippen LogP contribution in [-0.2, 0) is 0 Å². The van der Waals surface area contributed by atoms with Gasteiger partial charge in [0.05, 0.1) is 11.6 Å². The molecule has 2 aromatic rings. The molecule has 1 aromatic heterocycles. The van der Waals surface area contributed by atoms with E-state index in [2.05, 4.69) is 10.1 Å². The average Bonchev–Trinajstić information content (AvgIpc) is 2.87. The Hall–Kier alpha value is -2.19. The number of hydrogen-bond donors (Lipinski definition) is 1. The van der Waals surface area contributed by atoms with Gasteiger partial charge in [0.15, 0.2) is 0 Å². The standard InChI is InChI=1S/C12H11N3O2/c1-2-10(16)11-14-12(17-15-11)9-5-3-4-8(6-9)7-13/h3-6,10,16H,2H2,1H3. The molecule has 1 atom stereocenters. The van der Waals surface area contributed by atoms with E-state index < -0.39 is 6.10 Å². The fourth-order valence-corrected chi connectivity index (χ4v) is 1.39. The van der Waals surface area contributed by atoms with E-state index >= 15 is 0 Å². The van der Waals surface area contributed by atoms with Crippen LogP contribution in [0.25, 0.3) is 11.5 Å². The molecular weight excluding hydrogens is 218 g/mol. The zero-order valence-corrected chi connectivity index (χ0v) is 9.29. The van der Waals surface area contributed by atoms with E-state index in [-0.39, 0.29) is 5.82 Å². The molecule has 0 spiro atoms. The zero-order valence-electron chi connectivity index (χ0n) is 9.29. The van der Waals surface area contributed by atoms with Gasteiger partial charge < -0.3 is 9.63 Å². The van der Waals surface area contributed by atoms with Gasteiger partial charge in [-0.15, -0.1) is 0 Å². The van der Waals surface area contributed by atoms with Gasteiger partial charge >= 0.3 is 0 Å². The second kappa shape index (κ2) is 4.76. The molecule has 0 radical (unpaired) electrons. The molecule has 0 saturated carbocycles. The van der Waals surface area contributed by atoms with Crippen molar-refractivity contribution in [3.8, 4) is 17.5 Å². The van der Waals surface area contributed by atoms with Gasteiger partial charge in [-0.1, -0.05) is 18.1 Å². The van der Waals surface area contributed by atoms with Gasteiger partial charge in [-0.05, 0) is 24.6 Å². The maximum Gasteiger partial charge on any atom is 0.258 e. The molecule has 0 aliphatic rings. The topological polar surface area (TPSA) is 82.9 Å². The molecule has 17 heavy (non-hydrogen) atoms. The average molecular weight is 229 g/mol. The summed E-state index contributed by atoms with van der Waals surface area (Å²) in [4.78, 5) is 4.09. The number of aliphatic hydroxyl groups excluding tert-OH is 1. The SMILES string of the molecule is CCC(O)c1noc(-c2cccc(C#N)c2)n1. The van der Waals surface area contributed by atoms with Crippen LogP contribution < -0.4 is 0 Å². The lowest BCUT2D eigenvalue weighted by Crippen LogP contribution is -1.97. The molecule has 1 N–H and O–H groups in total. The molecule has 5 nitrogen and oxygen atoms in total. The van der Waals surface area contributed by atoms with Crippen LogP contribution in [0.4, 0.5) is 0 Å². The number of benzene rings is 1. The molecule has 0 amide bonds. The second-order valence-electron chi connectivity index (χ2n) is 3.57. The Kier molecular flexibility index (Phi) is 3.17. The lowest BCUT2D eigenvalue weighted by molar-refractivity contribution is 0.159. The van der Waals surface area contributed by atoms with Crippen LogP contribution in [-0.4, -0.2) is 15.2 Å². The summed E-state index contributed by atoms with van der Waals surface area (Å²) in [6, 6.07) is 8.92. The Balaban J connectivity index is 2.34. The fourth-order valence-electron chi connectivity index (χ4n) is 1.39. The number of rotatable bonds is 3. The third kappa shape index (κ3) is 2.32. The Labute approximate surface area is 98.3 Å². The minimum atomic E-state index is -0.716. The second-order valence-corrected chi connectivity index (χ2v) is 3.57. The lowest BCUT2D eigenvalue weighted by Gasteiger charge is -1.98. The molecule has 86 valence electrons. The molecule has 1 unspecified atom stereocenters. The third-order valence-electron chi connectivity index (χ3n) is 2.37. The Bertz CT molecular complexity index is 557. The molecule has 2 rings (SSSR count). The summed E-state index contributed by atoms with van der Waals surface area (Å²) in [5.41, 5.74) is 1.20. The van der Waals surface area contributed by atoms with Gasteiger partial charge in [0.2, 0.25) is 5.82 Å². The maximum atomic E-state index is 9.55. The van der Waals surface area contributed by atoms with Crippen LogP contribution in [0.2, 0.25) is 0 Å². The fraction of sp³-hybridized carbons (Fsp3) is 0.250. The van der Waals surface area contributed by atoms with Crippen LogP contribution in [0.3, 0.4) is 0 Å². The minimum Gasteiger partial charge on any atom is -0.385 e. The van der Waals surface area contributed by atoms with Crippen molar-refractivity contribution in [2.45, 2.75) is 19.4 Å². The molecule has 0 aliphatic carbocycles. The van der Waals surface area contributed by atoms with E-state index in [0.717, 1.165) is 0 Å². The van der Waals surface area contributed by atoms with E-state index in [4.69, 9.17) is 9.78 Å². The Morgan fingerprint density at radius 1 is 1.53 bits per heavy atom. The predicted molar refractivity (Wildman–Crippen MR) is 59.7 cm³/mol. The van der Waals surface area contributed by atoms with E-state index in [9.17, 15) is 5.11 Å². The van der Waals surface area contributed by atoms with Gasteiger partial charge in [-0.2, -0.15) is 10.2 Å². The molecule has 0 aliphatic heterocycles. The lowest BCUT2D eigenvalue weighted by atomic mass is 10.1. The van der Waals surface area contributed by atoms with Crippen molar-refractivity contribution in [2.24, 2.45) is 0 Å². The maximum absolute atomic E-state index is 9.55. The summed E-state index contributed by atoms with van der Waals surface area (Å²) in [7, 11) is 0. The van der Waals surface area contributed by atoms with Crippen molar-refractivity contribution < 1.29 is 9.63 Å². The van der Waals surface area contributed by atoms with Crippen molar-refractivity contribution in [1.82, 2.24) is 10.1 Å². The van der Waals surface area contributed by atoms with E-state index in [1.807, 2.05) is 13.0 Å². The highest BCUT2D eigenvalue weighted by Gasteiger charge is 2.14. The van der Waals surface area contributed by atoms with Crippen molar-refractivity contribution in [3.63, 3.8) is 0 Å². The van der Waals surface area contributed by atoms with E-state index in [0.29, 0.717) is 23.4 Å². The van der Waals surface area contributed by atoms with Crippen molar-refractivity contribution >= 4 is 0 Å².